The van der Waals surface area contributed by atoms with Gasteiger partial charge in [-0.3, -0.25) is 9.89 Å². The minimum absolute atomic E-state index is 0.128. The standard InChI is InChI=1S/C23H25N7O2S/c1-4-15-7-5-6-14(2)21(15)25-20(31)13-33-23-29-28-22(30(23)24)19-12-18(26-27-19)16-8-10-17(32-3)11-9-16/h5-12H,4,13,24H2,1-3H3,(H,25,31)(H,26,27). The summed E-state index contributed by atoms with van der Waals surface area (Å²) in [5, 5.41) is 19.0. The number of hydrogen-bond donors (Lipinski definition) is 3. The molecule has 9 nitrogen and oxygen atoms in total. The van der Waals surface area contributed by atoms with Crippen molar-refractivity contribution in [1.82, 2.24) is 25.1 Å². The number of aromatic nitrogens is 5. The quantitative estimate of drug-likeness (QED) is 0.269. The lowest BCUT2D eigenvalue weighted by Gasteiger charge is -2.12. The molecule has 0 fully saturated rings. The highest BCUT2D eigenvalue weighted by atomic mass is 32.2. The van der Waals surface area contributed by atoms with Gasteiger partial charge in [0.15, 0.2) is 0 Å². The predicted molar refractivity (Wildman–Crippen MR) is 130 cm³/mol. The maximum Gasteiger partial charge on any atom is 0.234 e. The molecule has 0 atom stereocenters. The fourth-order valence-electron chi connectivity index (χ4n) is 3.41. The number of H-pyrrole nitrogens is 1. The van der Waals surface area contributed by atoms with Gasteiger partial charge in [-0.15, -0.1) is 10.2 Å². The van der Waals surface area contributed by atoms with Crippen molar-refractivity contribution in [3.05, 3.63) is 59.7 Å². The summed E-state index contributed by atoms with van der Waals surface area (Å²) >= 11 is 1.22. The number of carbonyl (C=O) groups is 1. The van der Waals surface area contributed by atoms with Crippen LogP contribution in [0.3, 0.4) is 0 Å². The number of nitrogen functional groups attached to an aromatic ring is 1. The molecule has 0 radical (unpaired) electrons. The van der Waals surface area contributed by atoms with Crippen molar-refractivity contribution in [2.24, 2.45) is 0 Å². The Morgan fingerprint density at radius 1 is 1.21 bits per heavy atom. The highest BCUT2D eigenvalue weighted by molar-refractivity contribution is 7.99. The van der Waals surface area contributed by atoms with Crippen LogP contribution in [-0.4, -0.2) is 43.8 Å². The summed E-state index contributed by atoms with van der Waals surface area (Å²) in [6, 6.07) is 15.4. The first-order chi connectivity index (χ1) is 16.0. The third-order valence-corrected chi connectivity index (χ3v) is 6.15. The highest BCUT2D eigenvalue weighted by Gasteiger charge is 2.17. The smallest absolute Gasteiger partial charge is 0.234 e. The molecule has 2 heterocycles. The average molecular weight is 464 g/mol. The minimum Gasteiger partial charge on any atom is -0.497 e. The number of ether oxygens (including phenoxy) is 1. The third kappa shape index (κ3) is 4.85. The third-order valence-electron chi connectivity index (χ3n) is 5.21. The van der Waals surface area contributed by atoms with Crippen LogP contribution in [0.4, 0.5) is 5.69 Å². The molecule has 0 aliphatic heterocycles. The number of nitrogens with zero attached hydrogens (tertiary/aromatic N) is 4. The van der Waals surface area contributed by atoms with Gasteiger partial charge in [0.25, 0.3) is 0 Å². The topological polar surface area (TPSA) is 124 Å². The van der Waals surface area contributed by atoms with Crippen molar-refractivity contribution in [1.29, 1.82) is 0 Å². The van der Waals surface area contributed by atoms with Gasteiger partial charge in [-0.2, -0.15) is 5.10 Å². The van der Waals surface area contributed by atoms with E-state index in [1.54, 1.807) is 7.11 Å². The van der Waals surface area contributed by atoms with Gasteiger partial charge in [-0.1, -0.05) is 36.9 Å². The normalized spacial score (nSPS) is 10.9. The fourth-order valence-corrected chi connectivity index (χ4v) is 4.07. The van der Waals surface area contributed by atoms with Gasteiger partial charge in [-0.25, -0.2) is 4.68 Å². The molecule has 0 aliphatic rings. The molecule has 2 aromatic carbocycles. The van der Waals surface area contributed by atoms with Crippen molar-refractivity contribution in [2.45, 2.75) is 25.4 Å². The summed E-state index contributed by atoms with van der Waals surface area (Å²) in [4.78, 5) is 12.5. The van der Waals surface area contributed by atoms with E-state index in [2.05, 4.69) is 32.6 Å². The van der Waals surface area contributed by atoms with Crippen molar-refractivity contribution < 1.29 is 9.53 Å². The zero-order chi connectivity index (χ0) is 23.4. The number of nitrogens with one attached hydrogen (secondary N) is 2. The Bertz CT molecular complexity index is 1260. The van der Waals surface area contributed by atoms with Crippen LogP contribution in [0.1, 0.15) is 18.1 Å². The van der Waals surface area contributed by atoms with Crippen molar-refractivity contribution in [3.8, 4) is 28.5 Å². The number of nitrogens with two attached hydrogens (primary N) is 1. The zero-order valence-corrected chi connectivity index (χ0v) is 19.4. The molecule has 4 N–H and O–H groups in total. The molecule has 4 aromatic rings. The molecule has 0 unspecified atom stereocenters. The van der Waals surface area contributed by atoms with E-state index in [0.717, 1.165) is 40.2 Å². The van der Waals surface area contributed by atoms with Crippen LogP contribution in [0.2, 0.25) is 0 Å². The number of rotatable bonds is 8. The van der Waals surface area contributed by atoms with Crippen molar-refractivity contribution >= 4 is 23.4 Å². The van der Waals surface area contributed by atoms with Gasteiger partial charge < -0.3 is 15.9 Å². The summed E-state index contributed by atoms with van der Waals surface area (Å²) in [7, 11) is 1.63. The highest BCUT2D eigenvalue weighted by Crippen LogP contribution is 2.26. The summed E-state index contributed by atoms with van der Waals surface area (Å²) < 4.78 is 6.55. The Kier molecular flexibility index (Phi) is 6.64. The predicted octanol–water partition coefficient (Wildman–Crippen LogP) is 3.66. The zero-order valence-electron chi connectivity index (χ0n) is 18.6. The van der Waals surface area contributed by atoms with E-state index in [-0.39, 0.29) is 11.7 Å². The Labute approximate surface area is 195 Å². The monoisotopic (exact) mass is 463 g/mol. The SMILES string of the molecule is CCc1cccc(C)c1NC(=O)CSc1nnc(-c2cc(-c3ccc(OC)cc3)n[nH]2)n1N. The molecule has 10 heteroatoms. The van der Waals surface area contributed by atoms with Gasteiger partial charge in [0.05, 0.1) is 18.6 Å². The number of aryl methyl sites for hydroxylation is 2. The second kappa shape index (κ2) is 9.78. The van der Waals surface area contributed by atoms with Crippen LogP contribution < -0.4 is 15.9 Å². The van der Waals surface area contributed by atoms with E-state index in [4.69, 9.17) is 10.6 Å². The molecule has 2 aromatic heterocycles. The average Bonchev–Trinajstić information content (AvgIpc) is 3.46. The molecular weight excluding hydrogens is 438 g/mol. The maximum absolute atomic E-state index is 12.5. The summed E-state index contributed by atoms with van der Waals surface area (Å²) in [5.41, 5.74) is 5.29. The molecule has 170 valence electrons. The number of amides is 1. The molecule has 0 spiro atoms. The lowest BCUT2D eigenvalue weighted by atomic mass is 10.1. The molecule has 4 rings (SSSR count). The van der Waals surface area contributed by atoms with Crippen molar-refractivity contribution in [3.63, 3.8) is 0 Å². The summed E-state index contributed by atoms with van der Waals surface area (Å²) in [6.45, 7) is 4.04. The van der Waals surface area contributed by atoms with Gasteiger partial charge in [0, 0.05) is 11.3 Å². The van der Waals surface area contributed by atoms with Gasteiger partial charge in [0.1, 0.15) is 11.4 Å². The second-order valence-corrected chi connectivity index (χ2v) is 8.31. The summed E-state index contributed by atoms with van der Waals surface area (Å²) in [5.74, 6) is 7.44. The Hall–Kier alpha value is -3.79. The first-order valence-corrected chi connectivity index (χ1v) is 11.4. The lowest BCUT2D eigenvalue weighted by molar-refractivity contribution is -0.113. The Morgan fingerprint density at radius 3 is 2.73 bits per heavy atom. The fraction of sp³-hybridized carbons (Fsp3) is 0.217. The molecule has 1 amide bonds. The Morgan fingerprint density at radius 2 is 2.00 bits per heavy atom. The molecule has 0 bridgehead atoms. The Balaban J connectivity index is 1.43. The molecular formula is C23H25N7O2S. The molecule has 0 aliphatic carbocycles. The minimum atomic E-state index is -0.128. The number of aromatic amines is 1. The van der Waals surface area contributed by atoms with E-state index in [1.807, 2.05) is 55.5 Å². The number of methoxy groups -OCH3 is 1. The van der Waals surface area contributed by atoms with Crippen LogP contribution in [0, 0.1) is 6.92 Å². The van der Waals surface area contributed by atoms with E-state index in [1.165, 1.54) is 16.4 Å². The van der Waals surface area contributed by atoms with E-state index >= 15 is 0 Å². The van der Waals surface area contributed by atoms with Crippen LogP contribution in [-0.2, 0) is 11.2 Å². The lowest BCUT2D eigenvalue weighted by Crippen LogP contribution is -2.18. The molecule has 0 saturated heterocycles. The van der Waals surface area contributed by atoms with Crippen LogP contribution >= 0.6 is 11.8 Å². The number of thioether (sulfide) groups is 1. The number of anilines is 1. The van der Waals surface area contributed by atoms with Gasteiger partial charge >= 0.3 is 0 Å². The largest absolute Gasteiger partial charge is 0.497 e. The number of carbonyl (C=O) groups excluding carboxylic acids is 1. The number of benzene rings is 2. The first-order valence-electron chi connectivity index (χ1n) is 10.4. The number of hydrogen-bond acceptors (Lipinski definition) is 7. The van der Waals surface area contributed by atoms with E-state index < -0.39 is 0 Å². The second-order valence-electron chi connectivity index (χ2n) is 7.37. The maximum atomic E-state index is 12.5. The number of para-hydroxylation sites is 1. The van der Waals surface area contributed by atoms with Crippen LogP contribution in [0.25, 0.3) is 22.8 Å². The van der Waals surface area contributed by atoms with Gasteiger partial charge in [0.2, 0.25) is 16.9 Å². The first kappa shape index (κ1) is 22.4. The summed E-state index contributed by atoms with van der Waals surface area (Å²) in [6.07, 6.45) is 0.841. The molecule has 0 saturated carbocycles. The van der Waals surface area contributed by atoms with E-state index in [0.29, 0.717) is 16.7 Å². The van der Waals surface area contributed by atoms with Crippen LogP contribution in [0.15, 0.2) is 53.7 Å². The van der Waals surface area contributed by atoms with Crippen LogP contribution in [0.5, 0.6) is 5.75 Å². The van der Waals surface area contributed by atoms with E-state index in [9.17, 15) is 4.79 Å². The van der Waals surface area contributed by atoms with Crippen molar-refractivity contribution in [2.75, 3.05) is 24.0 Å². The van der Waals surface area contributed by atoms with Gasteiger partial charge in [-0.05, 0) is 54.8 Å². The molecule has 33 heavy (non-hydrogen) atoms.